The predicted octanol–water partition coefficient (Wildman–Crippen LogP) is 3.11. The van der Waals surface area contributed by atoms with Crippen LogP contribution in [-0.2, 0) is 10.0 Å². The highest BCUT2D eigenvalue weighted by Gasteiger charge is 2.39. The first kappa shape index (κ1) is 16.5. The van der Waals surface area contributed by atoms with Crippen molar-refractivity contribution in [3.63, 3.8) is 0 Å². The van der Waals surface area contributed by atoms with Gasteiger partial charge in [0, 0.05) is 17.1 Å². The number of rotatable bonds is 3. The van der Waals surface area contributed by atoms with Crippen LogP contribution in [0.2, 0.25) is 10.0 Å². The van der Waals surface area contributed by atoms with Crippen LogP contribution in [0.1, 0.15) is 13.3 Å². The van der Waals surface area contributed by atoms with Crippen molar-refractivity contribution < 1.29 is 8.42 Å². The maximum atomic E-state index is 12.8. The van der Waals surface area contributed by atoms with E-state index in [0.717, 1.165) is 6.42 Å². The zero-order chi connectivity index (χ0) is 15.1. The number of nitrogens with zero attached hydrogens (tertiary/aromatic N) is 1. The largest absolute Gasteiger partial charge is 0.330 e. The monoisotopic (exact) mass is 400 g/mol. The predicted molar refractivity (Wildman–Crippen MR) is 84.7 cm³/mol. The van der Waals surface area contributed by atoms with E-state index in [-0.39, 0.29) is 26.9 Å². The maximum Gasteiger partial charge on any atom is 0.246 e. The van der Waals surface area contributed by atoms with Crippen LogP contribution in [-0.4, -0.2) is 31.9 Å². The van der Waals surface area contributed by atoms with E-state index < -0.39 is 10.0 Å². The Labute approximate surface area is 137 Å². The number of halogens is 3. The van der Waals surface area contributed by atoms with Gasteiger partial charge in [-0.15, -0.1) is 0 Å². The van der Waals surface area contributed by atoms with Gasteiger partial charge < -0.3 is 5.73 Å². The molecule has 0 aromatic heterocycles. The molecule has 4 nitrogen and oxygen atoms in total. The fourth-order valence-electron chi connectivity index (χ4n) is 2.51. The fraction of sp³-hybridized carbons (Fsp3) is 0.500. The van der Waals surface area contributed by atoms with Crippen molar-refractivity contribution in [3.05, 3.63) is 26.7 Å². The van der Waals surface area contributed by atoms with Crippen molar-refractivity contribution in [2.24, 2.45) is 11.7 Å². The second kappa shape index (κ2) is 6.10. The van der Waals surface area contributed by atoms with Crippen molar-refractivity contribution in [1.29, 1.82) is 0 Å². The number of hydrogen-bond acceptors (Lipinski definition) is 3. The van der Waals surface area contributed by atoms with Gasteiger partial charge in [0.2, 0.25) is 10.0 Å². The highest BCUT2D eigenvalue weighted by atomic mass is 79.9. The number of sulfonamides is 1. The number of nitrogens with two attached hydrogens (primary N) is 1. The van der Waals surface area contributed by atoms with Crippen LogP contribution in [0.15, 0.2) is 21.5 Å². The van der Waals surface area contributed by atoms with E-state index in [1.807, 2.05) is 6.92 Å². The summed E-state index contributed by atoms with van der Waals surface area (Å²) in [5.74, 6) is 0.174. The third-order valence-corrected chi connectivity index (χ3v) is 6.83. The lowest BCUT2D eigenvalue weighted by molar-refractivity contribution is 0.404. The Balaban J connectivity index is 2.46. The van der Waals surface area contributed by atoms with E-state index in [1.54, 1.807) is 0 Å². The molecule has 1 aliphatic heterocycles. The van der Waals surface area contributed by atoms with Crippen molar-refractivity contribution in [3.8, 4) is 0 Å². The van der Waals surface area contributed by atoms with Gasteiger partial charge in [0.25, 0.3) is 0 Å². The summed E-state index contributed by atoms with van der Waals surface area (Å²) in [6.45, 7) is 2.74. The molecule has 1 aliphatic rings. The smallest absolute Gasteiger partial charge is 0.246 e. The molecule has 0 saturated carbocycles. The van der Waals surface area contributed by atoms with Crippen molar-refractivity contribution in [2.45, 2.75) is 24.3 Å². The molecule has 1 heterocycles. The summed E-state index contributed by atoms with van der Waals surface area (Å²) < 4.78 is 27.6. The van der Waals surface area contributed by atoms with Gasteiger partial charge in [-0.05, 0) is 37.9 Å². The minimum atomic E-state index is -3.72. The van der Waals surface area contributed by atoms with Crippen LogP contribution in [0, 0.1) is 5.92 Å². The van der Waals surface area contributed by atoms with Gasteiger partial charge in [-0.1, -0.05) is 39.1 Å². The molecule has 2 rings (SSSR count). The Morgan fingerprint density at radius 2 is 1.95 bits per heavy atom. The minimum Gasteiger partial charge on any atom is -0.330 e. The summed E-state index contributed by atoms with van der Waals surface area (Å²) >= 11 is 15.4. The van der Waals surface area contributed by atoms with E-state index in [9.17, 15) is 8.42 Å². The van der Waals surface area contributed by atoms with Crippen LogP contribution < -0.4 is 5.73 Å². The third kappa shape index (κ3) is 3.00. The molecule has 2 atom stereocenters. The Bertz CT molecular complexity index is 601. The SMILES string of the molecule is CC1CC(CN)CN1S(=O)(=O)c1c(Cl)cc(Br)cc1Cl. The topological polar surface area (TPSA) is 63.4 Å². The molecule has 0 bridgehead atoms. The molecule has 1 aromatic rings. The van der Waals surface area contributed by atoms with Gasteiger partial charge in [-0.25, -0.2) is 8.42 Å². The fourth-order valence-corrected chi connectivity index (χ4v) is 6.11. The third-order valence-electron chi connectivity index (χ3n) is 3.47. The zero-order valence-corrected chi connectivity index (χ0v) is 14.7. The number of hydrogen-bond donors (Lipinski definition) is 1. The van der Waals surface area contributed by atoms with Gasteiger partial charge >= 0.3 is 0 Å². The maximum absolute atomic E-state index is 12.8. The van der Waals surface area contributed by atoms with E-state index in [0.29, 0.717) is 17.6 Å². The Kier molecular flexibility index (Phi) is 5.04. The molecule has 0 aliphatic carbocycles. The van der Waals surface area contributed by atoms with E-state index in [4.69, 9.17) is 28.9 Å². The summed E-state index contributed by atoms with van der Waals surface area (Å²) in [5, 5.41) is 0.237. The summed E-state index contributed by atoms with van der Waals surface area (Å²) in [7, 11) is -3.72. The second-order valence-corrected chi connectivity index (χ2v) is 8.52. The molecule has 2 unspecified atom stereocenters. The lowest BCUT2D eigenvalue weighted by Gasteiger charge is -2.22. The zero-order valence-electron chi connectivity index (χ0n) is 10.8. The summed E-state index contributed by atoms with van der Waals surface area (Å²) in [5.41, 5.74) is 5.64. The van der Waals surface area contributed by atoms with Crippen molar-refractivity contribution >= 4 is 49.2 Å². The summed E-state index contributed by atoms with van der Waals surface area (Å²) in [6, 6.07) is 2.95. The van der Waals surface area contributed by atoms with Gasteiger partial charge in [-0.3, -0.25) is 0 Å². The molecule has 8 heteroatoms. The van der Waals surface area contributed by atoms with Crippen molar-refractivity contribution in [2.75, 3.05) is 13.1 Å². The summed E-state index contributed by atoms with van der Waals surface area (Å²) in [4.78, 5) is -0.0337. The molecule has 2 N–H and O–H groups in total. The first-order chi connectivity index (χ1) is 9.27. The number of benzene rings is 1. The van der Waals surface area contributed by atoms with Gasteiger partial charge in [-0.2, -0.15) is 4.31 Å². The second-order valence-electron chi connectivity index (χ2n) is 4.96. The van der Waals surface area contributed by atoms with Gasteiger partial charge in [0.1, 0.15) is 4.90 Å². The Morgan fingerprint density at radius 1 is 1.40 bits per heavy atom. The quantitative estimate of drug-likeness (QED) is 0.846. The molecule has 0 amide bonds. The van der Waals surface area contributed by atoms with Gasteiger partial charge in [0.05, 0.1) is 10.0 Å². The van der Waals surface area contributed by atoms with E-state index in [1.165, 1.54) is 16.4 Å². The molecule has 112 valence electrons. The Morgan fingerprint density at radius 3 is 2.40 bits per heavy atom. The molecule has 1 aromatic carbocycles. The molecular weight excluding hydrogens is 387 g/mol. The Hall–Kier alpha value is 0.150. The standard InChI is InChI=1S/C12H15BrCl2N2O2S/c1-7-2-8(5-16)6-17(7)20(18,19)12-10(14)3-9(13)4-11(12)15/h3-4,7-8H,2,5-6,16H2,1H3. The molecule has 0 radical (unpaired) electrons. The highest BCUT2D eigenvalue weighted by Crippen LogP contribution is 2.37. The lowest BCUT2D eigenvalue weighted by atomic mass is 10.1. The molecule has 1 fully saturated rings. The van der Waals surface area contributed by atoms with Crippen LogP contribution in [0.5, 0.6) is 0 Å². The van der Waals surface area contributed by atoms with E-state index >= 15 is 0 Å². The summed E-state index contributed by atoms with van der Waals surface area (Å²) in [6.07, 6.45) is 0.751. The van der Waals surface area contributed by atoms with Crippen LogP contribution in [0.4, 0.5) is 0 Å². The average Bonchev–Trinajstić information content (AvgIpc) is 2.69. The van der Waals surface area contributed by atoms with Crippen LogP contribution in [0.25, 0.3) is 0 Å². The lowest BCUT2D eigenvalue weighted by Crippen LogP contribution is -2.34. The normalized spacial score (nSPS) is 24.2. The molecule has 0 spiro atoms. The molecular formula is C12H15BrCl2N2O2S. The first-order valence-corrected chi connectivity index (χ1v) is 9.12. The van der Waals surface area contributed by atoms with E-state index in [2.05, 4.69) is 15.9 Å². The average molecular weight is 402 g/mol. The van der Waals surface area contributed by atoms with Crippen molar-refractivity contribution in [1.82, 2.24) is 4.31 Å². The first-order valence-electron chi connectivity index (χ1n) is 6.13. The van der Waals surface area contributed by atoms with Crippen LogP contribution in [0.3, 0.4) is 0 Å². The van der Waals surface area contributed by atoms with Gasteiger partial charge in [0.15, 0.2) is 0 Å². The minimum absolute atomic E-state index is 0.0337. The highest BCUT2D eigenvalue weighted by molar-refractivity contribution is 9.10. The molecule has 1 saturated heterocycles. The van der Waals surface area contributed by atoms with Crippen LogP contribution >= 0.6 is 39.1 Å². The molecule has 20 heavy (non-hydrogen) atoms.